The second-order valence-electron chi connectivity index (χ2n) is 10.3. The van der Waals surface area contributed by atoms with E-state index < -0.39 is 11.9 Å². The summed E-state index contributed by atoms with van der Waals surface area (Å²) >= 11 is 1.59. The lowest BCUT2D eigenvalue weighted by molar-refractivity contribution is -0.142. The molecule has 2 aliphatic rings. The fourth-order valence-electron chi connectivity index (χ4n) is 5.37. The first-order chi connectivity index (χ1) is 19.8. The van der Waals surface area contributed by atoms with Crippen molar-refractivity contribution in [2.45, 2.75) is 50.9 Å². The Balaban J connectivity index is 1.06. The van der Waals surface area contributed by atoms with E-state index in [1.807, 2.05) is 35.7 Å². The van der Waals surface area contributed by atoms with Crippen molar-refractivity contribution in [1.29, 1.82) is 0 Å². The number of oxime groups is 1. The number of benzene rings is 2. The Morgan fingerprint density at radius 2 is 1.80 bits per heavy atom. The maximum atomic E-state index is 13.0. The number of halogens is 3. The summed E-state index contributed by atoms with van der Waals surface area (Å²) in [5.74, 6) is -0.0268. The molecule has 1 fully saturated rings. The largest absolute Gasteiger partial charge is 0.435 e. The van der Waals surface area contributed by atoms with Crippen LogP contribution >= 0.6 is 11.3 Å². The predicted molar refractivity (Wildman–Crippen MR) is 149 cm³/mol. The van der Waals surface area contributed by atoms with E-state index in [0.29, 0.717) is 25.2 Å². The van der Waals surface area contributed by atoms with Crippen molar-refractivity contribution in [1.82, 2.24) is 19.7 Å². The molecule has 2 aromatic carbocycles. The topological polar surface area (TPSA) is 72.6 Å². The van der Waals surface area contributed by atoms with E-state index in [1.54, 1.807) is 16.2 Å². The minimum Gasteiger partial charge on any atom is -0.387 e. The smallest absolute Gasteiger partial charge is 0.387 e. The van der Waals surface area contributed by atoms with Gasteiger partial charge >= 0.3 is 6.18 Å². The molecule has 0 saturated carbocycles. The zero-order valence-electron chi connectivity index (χ0n) is 22.3. The van der Waals surface area contributed by atoms with Crippen LogP contribution in [0.15, 0.2) is 71.2 Å². The van der Waals surface area contributed by atoms with Crippen LogP contribution in [0.25, 0.3) is 11.1 Å². The van der Waals surface area contributed by atoms with Crippen LogP contribution < -0.4 is 0 Å². The average molecular weight is 580 g/mol. The highest BCUT2D eigenvalue weighted by atomic mass is 32.1. The van der Waals surface area contributed by atoms with Crippen LogP contribution in [-0.4, -0.2) is 44.4 Å². The maximum Gasteiger partial charge on any atom is 0.435 e. The van der Waals surface area contributed by atoms with Crippen LogP contribution in [0.2, 0.25) is 0 Å². The van der Waals surface area contributed by atoms with Gasteiger partial charge in [-0.15, -0.1) is 11.3 Å². The molecule has 1 unspecified atom stereocenters. The van der Waals surface area contributed by atoms with Crippen molar-refractivity contribution in [2.24, 2.45) is 5.16 Å². The molecule has 6 rings (SSSR count). The van der Waals surface area contributed by atoms with Gasteiger partial charge in [0.25, 0.3) is 0 Å². The fraction of sp³-hybridized carbons (Fsp3) is 0.333. The monoisotopic (exact) mass is 579 g/mol. The van der Waals surface area contributed by atoms with Crippen molar-refractivity contribution >= 4 is 23.0 Å². The zero-order valence-corrected chi connectivity index (χ0v) is 23.2. The second-order valence-corrected chi connectivity index (χ2v) is 11.2. The van der Waals surface area contributed by atoms with Gasteiger partial charge in [0.1, 0.15) is 12.3 Å². The molecule has 0 radical (unpaired) electrons. The summed E-state index contributed by atoms with van der Waals surface area (Å²) < 4.78 is 40.0. The van der Waals surface area contributed by atoms with Gasteiger partial charge in [-0.1, -0.05) is 59.8 Å². The second kappa shape index (κ2) is 11.1. The van der Waals surface area contributed by atoms with Crippen LogP contribution in [0.1, 0.15) is 58.9 Å². The quantitative estimate of drug-likeness (QED) is 0.258. The molecular weight excluding hydrogens is 551 g/mol. The molecule has 41 heavy (non-hydrogen) atoms. The minimum atomic E-state index is -4.53. The van der Waals surface area contributed by atoms with Crippen LogP contribution in [0.3, 0.4) is 0 Å². The Bertz CT molecular complexity index is 1570. The molecule has 4 heterocycles. The number of thiazole rings is 1. The molecule has 0 spiro atoms. The van der Waals surface area contributed by atoms with Crippen molar-refractivity contribution in [3.63, 3.8) is 0 Å². The Morgan fingerprint density at radius 3 is 2.54 bits per heavy atom. The molecule has 1 atom stereocenters. The van der Waals surface area contributed by atoms with E-state index in [9.17, 15) is 18.0 Å². The van der Waals surface area contributed by atoms with E-state index in [-0.39, 0.29) is 24.5 Å². The molecular formula is C30H28F3N5O2S. The number of carbonyl (C=O) groups excluding carboxylic acids is 1. The molecule has 0 aliphatic carbocycles. The van der Waals surface area contributed by atoms with Gasteiger partial charge in [-0.2, -0.15) is 18.3 Å². The van der Waals surface area contributed by atoms with Gasteiger partial charge in [-0.25, -0.2) is 4.98 Å². The van der Waals surface area contributed by atoms with Gasteiger partial charge < -0.3 is 9.74 Å². The summed E-state index contributed by atoms with van der Waals surface area (Å²) in [5.41, 5.74) is 4.30. The number of aryl methyl sites for hydroxylation is 1. The summed E-state index contributed by atoms with van der Waals surface area (Å²) in [4.78, 5) is 25.3. The van der Waals surface area contributed by atoms with Crippen molar-refractivity contribution in [2.75, 3.05) is 13.1 Å². The lowest BCUT2D eigenvalue weighted by atomic mass is 9.94. The lowest BCUT2D eigenvalue weighted by Gasteiger charge is -2.31. The summed E-state index contributed by atoms with van der Waals surface area (Å²) in [6.07, 6.45) is -2.62. The molecule has 1 saturated heterocycles. The summed E-state index contributed by atoms with van der Waals surface area (Å²) in [5, 5.41) is 11.0. The van der Waals surface area contributed by atoms with Gasteiger partial charge in [0.05, 0.1) is 10.7 Å². The maximum absolute atomic E-state index is 13.0. The Kier molecular flexibility index (Phi) is 7.37. The summed E-state index contributed by atoms with van der Waals surface area (Å²) in [7, 11) is 0. The number of amides is 1. The molecule has 4 aromatic rings. The number of hydrogen-bond donors (Lipinski definition) is 0. The molecule has 11 heteroatoms. The number of alkyl halides is 3. The third kappa shape index (κ3) is 5.76. The van der Waals surface area contributed by atoms with Gasteiger partial charge in [0.2, 0.25) is 5.91 Å². The molecule has 7 nitrogen and oxygen atoms in total. The number of hydrogen-bond acceptors (Lipinski definition) is 6. The van der Waals surface area contributed by atoms with Crippen LogP contribution in [0.5, 0.6) is 0 Å². The van der Waals surface area contributed by atoms with Crippen molar-refractivity contribution in [3.8, 4) is 11.1 Å². The molecule has 2 aromatic heterocycles. The SMILES string of the molecule is Cc1cc(C(F)(F)F)nn1CC(=O)N1CCC(c2nc(C3=NOC(c4ccccc4-c4ccccc4)C3)cs2)CC1. The van der Waals surface area contributed by atoms with E-state index in [0.717, 1.165) is 56.7 Å². The highest BCUT2D eigenvalue weighted by Crippen LogP contribution is 2.37. The first-order valence-corrected chi connectivity index (χ1v) is 14.4. The molecule has 1 amide bonds. The molecule has 212 valence electrons. The Hall–Kier alpha value is -3.99. The third-order valence-corrected chi connectivity index (χ3v) is 8.64. The van der Waals surface area contributed by atoms with E-state index in [4.69, 9.17) is 9.82 Å². The van der Waals surface area contributed by atoms with Gasteiger partial charge in [0.15, 0.2) is 11.8 Å². The normalized spacial score (nSPS) is 17.9. The number of carbonyl (C=O) groups is 1. The molecule has 0 bridgehead atoms. The first-order valence-electron chi connectivity index (χ1n) is 13.5. The van der Waals surface area contributed by atoms with E-state index in [2.05, 4.69) is 34.5 Å². The average Bonchev–Trinajstić information content (AvgIpc) is 3.74. The van der Waals surface area contributed by atoms with Crippen molar-refractivity contribution in [3.05, 3.63) is 93.7 Å². The number of likely N-dealkylation sites (tertiary alicyclic amines) is 1. The summed E-state index contributed by atoms with van der Waals surface area (Å²) in [6.45, 7) is 2.36. The van der Waals surface area contributed by atoms with Gasteiger partial charge in [-0.3, -0.25) is 9.48 Å². The highest BCUT2D eigenvalue weighted by molar-refractivity contribution is 7.10. The van der Waals surface area contributed by atoms with E-state index in [1.165, 1.54) is 6.92 Å². The first kappa shape index (κ1) is 27.2. The zero-order chi connectivity index (χ0) is 28.6. The number of nitrogens with zero attached hydrogens (tertiary/aromatic N) is 5. The molecule has 2 aliphatic heterocycles. The third-order valence-electron chi connectivity index (χ3n) is 7.63. The summed E-state index contributed by atoms with van der Waals surface area (Å²) in [6, 6.07) is 19.4. The molecule has 0 N–H and O–H groups in total. The number of aromatic nitrogens is 3. The Labute approximate surface area is 239 Å². The van der Waals surface area contributed by atoms with Gasteiger partial charge in [-0.05, 0) is 37.0 Å². The Morgan fingerprint density at radius 1 is 1.07 bits per heavy atom. The predicted octanol–water partition coefficient (Wildman–Crippen LogP) is 6.61. The van der Waals surface area contributed by atoms with E-state index >= 15 is 0 Å². The van der Waals surface area contributed by atoms with Crippen LogP contribution in [0.4, 0.5) is 13.2 Å². The van der Waals surface area contributed by atoms with Crippen LogP contribution in [0, 0.1) is 6.92 Å². The minimum absolute atomic E-state index is 0.188. The van der Waals surface area contributed by atoms with Crippen LogP contribution in [-0.2, 0) is 22.4 Å². The van der Waals surface area contributed by atoms with Gasteiger partial charge in [0, 0.05) is 42.1 Å². The lowest BCUT2D eigenvalue weighted by Crippen LogP contribution is -2.40. The van der Waals surface area contributed by atoms with Crippen molar-refractivity contribution < 1.29 is 22.8 Å². The number of rotatable bonds is 6. The number of piperidine rings is 1. The standard InChI is InChI=1S/C30H28F3N5O2S/c1-19-15-27(30(31,32)33)35-38(19)17-28(39)37-13-11-21(12-14-37)29-34-25(18-41-29)24-16-26(40-36-24)23-10-6-5-9-22(23)20-7-3-2-4-8-20/h2-10,15,18,21,26H,11-14,16-17H2,1H3. The highest BCUT2D eigenvalue weighted by Gasteiger charge is 2.35. The fourth-order valence-corrected chi connectivity index (χ4v) is 6.37.